The lowest BCUT2D eigenvalue weighted by atomic mass is 10.2. The fourth-order valence-corrected chi connectivity index (χ4v) is 0.836. The summed E-state index contributed by atoms with van der Waals surface area (Å²) in [5.41, 5.74) is 0. The second-order valence-electron chi connectivity index (χ2n) is 2.15. The van der Waals surface area contributed by atoms with Crippen LogP contribution in [0.5, 0.6) is 0 Å². The maximum absolute atomic E-state index is 3.47. The van der Waals surface area contributed by atoms with Crippen LogP contribution in [0.2, 0.25) is 0 Å². The first-order chi connectivity index (χ1) is 4.31. The van der Waals surface area contributed by atoms with E-state index in [1.54, 1.807) is 0 Å². The quantitative estimate of drug-likeness (QED) is 0.591. The zero-order valence-corrected chi connectivity index (χ0v) is 7.87. The van der Waals surface area contributed by atoms with Crippen molar-refractivity contribution < 1.29 is 0 Å². The molecule has 0 rings (SSSR count). The molecule has 0 aliphatic carbocycles. The first kappa shape index (κ1) is 9.22. The highest BCUT2D eigenvalue weighted by molar-refractivity contribution is 9.11. The smallest absolute Gasteiger partial charge is 0.00920 e. The second kappa shape index (κ2) is 6.34. The molecule has 9 heavy (non-hydrogen) atoms. The van der Waals surface area contributed by atoms with Crippen molar-refractivity contribution in [2.45, 2.75) is 39.5 Å². The molecule has 0 aromatic rings. The van der Waals surface area contributed by atoms with E-state index in [2.05, 4.69) is 35.9 Å². The molecule has 0 spiro atoms. The van der Waals surface area contributed by atoms with E-state index in [0.717, 1.165) is 6.42 Å². The molecule has 0 saturated heterocycles. The summed E-state index contributed by atoms with van der Waals surface area (Å²) in [6.07, 6.45) is 7.23. The molecule has 0 N–H and O–H groups in total. The van der Waals surface area contributed by atoms with Gasteiger partial charge in [0, 0.05) is 0 Å². The summed E-state index contributed by atoms with van der Waals surface area (Å²) in [7, 11) is 0. The van der Waals surface area contributed by atoms with Gasteiger partial charge in [-0.2, -0.15) is 0 Å². The predicted molar refractivity (Wildman–Crippen MR) is 46.8 cm³/mol. The average Bonchev–Trinajstić information content (AvgIpc) is 1.89. The van der Waals surface area contributed by atoms with Crippen molar-refractivity contribution in [2.24, 2.45) is 0 Å². The van der Waals surface area contributed by atoms with E-state index < -0.39 is 0 Å². The molecule has 0 bridgehead atoms. The Bertz CT molecular complexity index is 84.6. The van der Waals surface area contributed by atoms with Gasteiger partial charge in [0.05, 0.1) is 0 Å². The number of hydrogen-bond acceptors (Lipinski definition) is 0. The van der Waals surface area contributed by atoms with Crippen LogP contribution >= 0.6 is 15.9 Å². The van der Waals surface area contributed by atoms with E-state index in [9.17, 15) is 0 Å². The Morgan fingerprint density at radius 3 is 2.56 bits per heavy atom. The fourth-order valence-electron chi connectivity index (χ4n) is 0.607. The Kier molecular flexibility index (Phi) is 6.50. The monoisotopic (exact) mass is 190 g/mol. The fraction of sp³-hybridized carbons (Fsp3) is 0.750. The number of allylic oxidation sites excluding steroid dienone is 2. The molecule has 0 fully saturated rings. The molecule has 0 aromatic heterocycles. The predicted octanol–water partition coefficient (Wildman–Crippen LogP) is 3.87. The van der Waals surface area contributed by atoms with Crippen LogP contribution in [0, 0.1) is 0 Å². The summed E-state index contributed by atoms with van der Waals surface area (Å²) in [5, 5.41) is 0. The third-order valence-electron chi connectivity index (χ3n) is 1.26. The molecule has 0 saturated carbocycles. The van der Waals surface area contributed by atoms with Crippen molar-refractivity contribution >= 4 is 15.9 Å². The van der Waals surface area contributed by atoms with Gasteiger partial charge in [0.15, 0.2) is 0 Å². The highest BCUT2D eigenvalue weighted by atomic mass is 79.9. The Morgan fingerprint density at radius 1 is 1.44 bits per heavy atom. The molecule has 0 unspecified atom stereocenters. The van der Waals surface area contributed by atoms with E-state index >= 15 is 0 Å². The largest absolute Gasteiger partial charge is 0.0744 e. The Balaban J connectivity index is 3.21. The molecule has 1 heteroatoms. The molecule has 54 valence electrons. The van der Waals surface area contributed by atoms with Gasteiger partial charge in [-0.25, -0.2) is 0 Å². The average molecular weight is 191 g/mol. The minimum Gasteiger partial charge on any atom is -0.0744 e. The normalized spacial score (nSPS) is 12.1. The Morgan fingerprint density at radius 2 is 2.11 bits per heavy atom. The maximum Gasteiger partial charge on any atom is -0.00920 e. The van der Waals surface area contributed by atoms with Crippen molar-refractivity contribution in [3.8, 4) is 0 Å². The standard InChI is InChI=1S/C8H15Br/c1-3-5-6-7-8(9)4-2/h7H,3-6H2,1-2H3/b8-7+. The molecule has 0 aliphatic heterocycles. The number of halogens is 1. The Hall–Kier alpha value is 0.220. The van der Waals surface area contributed by atoms with Gasteiger partial charge in [-0.15, -0.1) is 0 Å². The topological polar surface area (TPSA) is 0 Å². The van der Waals surface area contributed by atoms with Crippen molar-refractivity contribution in [1.82, 2.24) is 0 Å². The van der Waals surface area contributed by atoms with E-state index in [1.165, 1.54) is 23.7 Å². The summed E-state index contributed by atoms with van der Waals surface area (Å²) < 4.78 is 1.34. The number of hydrogen-bond donors (Lipinski definition) is 0. The molecular weight excluding hydrogens is 176 g/mol. The zero-order valence-electron chi connectivity index (χ0n) is 6.28. The van der Waals surface area contributed by atoms with Crippen molar-refractivity contribution in [1.29, 1.82) is 0 Å². The third kappa shape index (κ3) is 6.10. The van der Waals surface area contributed by atoms with Crippen LogP contribution in [0.25, 0.3) is 0 Å². The molecule has 0 aliphatic rings. The van der Waals surface area contributed by atoms with Gasteiger partial charge in [-0.05, 0) is 17.3 Å². The van der Waals surface area contributed by atoms with E-state index in [-0.39, 0.29) is 0 Å². The molecule has 0 aromatic carbocycles. The minimum absolute atomic E-state index is 1.13. The summed E-state index contributed by atoms with van der Waals surface area (Å²) >= 11 is 3.47. The first-order valence-electron chi connectivity index (χ1n) is 3.65. The second-order valence-corrected chi connectivity index (χ2v) is 3.17. The molecule has 0 radical (unpaired) electrons. The van der Waals surface area contributed by atoms with Crippen LogP contribution < -0.4 is 0 Å². The number of rotatable bonds is 4. The molecular formula is C8H15Br. The molecule has 0 heterocycles. The summed E-state index contributed by atoms with van der Waals surface area (Å²) in [6, 6.07) is 0. The van der Waals surface area contributed by atoms with Gasteiger partial charge in [-0.3, -0.25) is 0 Å². The molecule has 0 nitrogen and oxygen atoms in total. The maximum atomic E-state index is 3.47. The van der Waals surface area contributed by atoms with Crippen molar-refractivity contribution in [3.63, 3.8) is 0 Å². The molecule has 0 atom stereocenters. The van der Waals surface area contributed by atoms with Gasteiger partial charge in [-0.1, -0.05) is 48.7 Å². The Labute approximate surface area is 66.5 Å². The highest BCUT2D eigenvalue weighted by Crippen LogP contribution is 2.11. The van der Waals surface area contributed by atoms with Gasteiger partial charge < -0.3 is 0 Å². The van der Waals surface area contributed by atoms with Gasteiger partial charge in [0.25, 0.3) is 0 Å². The van der Waals surface area contributed by atoms with Crippen LogP contribution in [0.15, 0.2) is 10.6 Å². The summed E-state index contributed by atoms with van der Waals surface area (Å²) in [4.78, 5) is 0. The lowest BCUT2D eigenvalue weighted by molar-refractivity contribution is 0.812. The summed E-state index contributed by atoms with van der Waals surface area (Å²) in [5.74, 6) is 0. The van der Waals surface area contributed by atoms with E-state index in [4.69, 9.17) is 0 Å². The minimum atomic E-state index is 1.13. The van der Waals surface area contributed by atoms with E-state index in [0.29, 0.717) is 0 Å². The first-order valence-corrected chi connectivity index (χ1v) is 4.45. The van der Waals surface area contributed by atoms with Crippen LogP contribution in [-0.2, 0) is 0 Å². The molecule has 0 amide bonds. The summed E-state index contributed by atoms with van der Waals surface area (Å²) in [6.45, 7) is 4.38. The van der Waals surface area contributed by atoms with Crippen molar-refractivity contribution in [3.05, 3.63) is 10.6 Å². The van der Waals surface area contributed by atoms with Crippen LogP contribution in [-0.4, -0.2) is 0 Å². The van der Waals surface area contributed by atoms with E-state index in [1.807, 2.05) is 0 Å². The van der Waals surface area contributed by atoms with Gasteiger partial charge >= 0.3 is 0 Å². The van der Waals surface area contributed by atoms with Crippen LogP contribution in [0.4, 0.5) is 0 Å². The zero-order chi connectivity index (χ0) is 7.11. The lowest BCUT2D eigenvalue weighted by Gasteiger charge is -1.91. The number of unbranched alkanes of at least 4 members (excludes halogenated alkanes) is 2. The highest BCUT2D eigenvalue weighted by Gasteiger charge is 1.84. The van der Waals surface area contributed by atoms with Gasteiger partial charge in [0.2, 0.25) is 0 Å². The van der Waals surface area contributed by atoms with Crippen LogP contribution in [0.1, 0.15) is 39.5 Å². The third-order valence-corrected chi connectivity index (χ3v) is 2.15. The SMILES string of the molecule is CCCC/C=C(/Br)CC. The van der Waals surface area contributed by atoms with Gasteiger partial charge in [0.1, 0.15) is 0 Å². The van der Waals surface area contributed by atoms with Crippen LogP contribution in [0.3, 0.4) is 0 Å². The van der Waals surface area contributed by atoms with Crippen molar-refractivity contribution in [2.75, 3.05) is 0 Å². The lowest BCUT2D eigenvalue weighted by Crippen LogP contribution is -1.69.